The van der Waals surface area contributed by atoms with Crippen molar-refractivity contribution in [2.75, 3.05) is 19.0 Å². The van der Waals surface area contributed by atoms with Gasteiger partial charge in [0.25, 0.3) is 10.0 Å². The second-order valence-corrected chi connectivity index (χ2v) is 7.40. The van der Waals surface area contributed by atoms with Gasteiger partial charge < -0.3 is 10.1 Å². The molecule has 0 aromatic heterocycles. The van der Waals surface area contributed by atoms with E-state index in [-0.39, 0.29) is 10.8 Å². The second kappa shape index (κ2) is 8.48. The Labute approximate surface area is 153 Å². The van der Waals surface area contributed by atoms with E-state index in [1.165, 1.54) is 44.6 Å². The Kier molecular flexibility index (Phi) is 6.35. The number of amides is 1. The van der Waals surface area contributed by atoms with E-state index in [1.54, 1.807) is 24.3 Å². The molecule has 0 bridgehead atoms. The highest BCUT2D eigenvalue weighted by Crippen LogP contribution is 2.19. The third kappa shape index (κ3) is 5.06. The van der Waals surface area contributed by atoms with Crippen LogP contribution in [0.15, 0.2) is 58.4 Å². The summed E-state index contributed by atoms with van der Waals surface area (Å²) in [6, 6.07) is 13.0. The van der Waals surface area contributed by atoms with Crippen molar-refractivity contribution >= 4 is 33.6 Å². The Hall–Kier alpha value is -2.87. The average Bonchev–Trinajstić information content (AvgIpc) is 2.61. The molecule has 0 aliphatic carbocycles. The fourth-order valence-corrected chi connectivity index (χ4v) is 3.07. The van der Waals surface area contributed by atoms with Crippen molar-refractivity contribution in [3.05, 3.63) is 48.5 Å². The van der Waals surface area contributed by atoms with Gasteiger partial charge >= 0.3 is 0 Å². The topological polar surface area (TPSA) is 88.1 Å². The summed E-state index contributed by atoms with van der Waals surface area (Å²) < 4.78 is 31.5. The first-order chi connectivity index (χ1) is 12.3. The fraction of sp³-hybridized carbons (Fsp3) is 0.222. The highest BCUT2D eigenvalue weighted by atomic mass is 32.2. The number of carbonyl (C=O) groups is 1. The van der Waals surface area contributed by atoms with Crippen LogP contribution in [0.25, 0.3) is 0 Å². The van der Waals surface area contributed by atoms with Crippen molar-refractivity contribution in [1.29, 1.82) is 0 Å². The smallest absolute Gasteiger partial charge is 0.264 e. The Morgan fingerprint density at radius 3 is 2.31 bits per heavy atom. The zero-order valence-electron chi connectivity index (χ0n) is 14.8. The lowest BCUT2D eigenvalue weighted by Gasteiger charge is -2.14. The normalized spacial score (nSPS) is 11.3. The van der Waals surface area contributed by atoms with Crippen molar-refractivity contribution < 1.29 is 17.9 Å². The van der Waals surface area contributed by atoms with Gasteiger partial charge in [-0.3, -0.25) is 9.10 Å². The third-order valence-corrected chi connectivity index (χ3v) is 5.09. The standard InChI is InChI=1S/C18H21N3O4S/c1-4-25-17-9-5-15(6-10-17)19-13-21(3)26(23,24)18-11-7-16(8-12-18)20-14(2)22/h5-13H,4H2,1-3H3,(H,20,22). The summed E-state index contributed by atoms with van der Waals surface area (Å²) in [6.07, 6.45) is 1.24. The molecule has 8 heteroatoms. The molecule has 0 radical (unpaired) electrons. The summed E-state index contributed by atoms with van der Waals surface area (Å²) in [5.74, 6) is 0.506. The SMILES string of the molecule is CCOc1ccc(N=CN(C)S(=O)(=O)c2ccc(NC(C)=O)cc2)cc1. The summed E-state index contributed by atoms with van der Waals surface area (Å²) >= 11 is 0. The lowest BCUT2D eigenvalue weighted by Crippen LogP contribution is -2.25. The number of sulfonamides is 1. The molecule has 1 amide bonds. The molecule has 138 valence electrons. The highest BCUT2D eigenvalue weighted by Gasteiger charge is 2.18. The predicted octanol–water partition coefficient (Wildman–Crippen LogP) is 3.02. The molecule has 0 saturated heterocycles. The van der Waals surface area contributed by atoms with Crippen molar-refractivity contribution in [3.8, 4) is 5.75 Å². The van der Waals surface area contributed by atoms with E-state index < -0.39 is 10.0 Å². The molecule has 7 nitrogen and oxygen atoms in total. The van der Waals surface area contributed by atoms with Gasteiger partial charge in [0.15, 0.2) is 0 Å². The van der Waals surface area contributed by atoms with E-state index >= 15 is 0 Å². The van der Waals surface area contributed by atoms with Crippen molar-refractivity contribution in [2.24, 2.45) is 4.99 Å². The van der Waals surface area contributed by atoms with Crippen LogP contribution in [-0.4, -0.2) is 38.6 Å². The molecule has 0 spiro atoms. The Balaban J connectivity index is 2.11. The van der Waals surface area contributed by atoms with E-state index in [4.69, 9.17) is 4.74 Å². The number of nitrogens with zero attached hydrogens (tertiary/aromatic N) is 2. The molecule has 0 fully saturated rings. The van der Waals surface area contributed by atoms with Gasteiger partial charge in [-0.05, 0) is 55.5 Å². The van der Waals surface area contributed by atoms with Gasteiger partial charge in [-0.1, -0.05) is 0 Å². The molecule has 0 heterocycles. The summed E-state index contributed by atoms with van der Waals surface area (Å²) in [5, 5.41) is 2.59. The molecule has 0 aliphatic rings. The average molecular weight is 375 g/mol. The zero-order chi connectivity index (χ0) is 19.2. The van der Waals surface area contributed by atoms with Gasteiger partial charge in [0.1, 0.15) is 12.1 Å². The Bertz CT molecular complexity index is 876. The maximum Gasteiger partial charge on any atom is 0.264 e. The minimum Gasteiger partial charge on any atom is -0.494 e. The lowest BCUT2D eigenvalue weighted by atomic mass is 10.3. The van der Waals surface area contributed by atoms with Crippen LogP contribution >= 0.6 is 0 Å². The summed E-state index contributed by atoms with van der Waals surface area (Å²) in [4.78, 5) is 15.3. The maximum absolute atomic E-state index is 12.6. The molecule has 1 N–H and O–H groups in total. The summed E-state index contributed by atoms with van der Waals surface area (Å²) in [6.45, 7) is 3.86. The Morgan fingerprint density at radius 2 is 1.77 bits per heavy atom. The fourth-order valence-electron chi connectivity index (χ4n) is 2.08. The van der Waals surface area contributed by atoms with Gasteiger partial charge in [-0.15, -0.1) is 0 Å². The van der Waals surface area contributed by atoms with Gasteiger partial charge in [-0.2, -0.15) is 0 Å². The zero-order valence-corrected chi connectivity index (χ0v) is 15.7. The summed E-state index contributed by atoms with van der Waals surface area (Å²) in [7, 11) is -2.31. The molecule has 2 aromatic carbocycles. The van der Waals surface area contributed by atoms with E-state index in [9.17, 15) is 13.2 Å². The minimum atomic E-state index is -3.72. The number of anilines is 1. The maximum atomic E-state index is 12.6. The molecule has 2 rings (SSSR count). The predicted molar refractivity (Wildman–Crippen MR) is 101 cm³/mol. The number of aliphatic imine (C=N–C) groups is 1. The van der Waals surface area contributed by atoms with Crippen molar-refractivity contribution in [1.82, 2.24) is 4.31 Å². The first-order valence-electron chi connectivity index (χ1n) is 7.95. The monoisotopic (exact) mass is 375 g/mol. The first kappa shape index (κ1) is 19.5. The van der Waals surface area contributed by atoms with Crippen LogP contribution in [0.4, 0.5) is 11.4 Å². The molecule has 0 aliphatic heterocycles. The van der Waals surface area contributed by atoms with Crippen LogP contribution in [0.2, 0.25) is 0 Å². The molecule has 0 unspecified atom stereocenters. The molecular weight excluding hydrogens is 354 g/mol. The number of benzene rings is 2. The molecule has 2 aromatic rings. The van der Waals surface area contributed by atoms with Crippen LogP contribution in [0.5, 0.6) is 5.75 Å². The van der Waals surface area contributed by atoms with E-state index in [0.717, 1.165) is 10.1 Å². The highest BCUT2D eigenvalue weighted by molar-refractivity contribution is 7.89. The number of hydrogen-bond donors (Lipinski definition) is 1. The van der Waals surface area contributed by atoms with Gasteiger partial charge in [0.05, 0.1) is 17.2 Å². The number of ether oxygens (including phenoxy) is 1. The largest absolute Gasteiger partial charge is 0.494 e. The van der Waals surface area contributed by atoms with E-state index in [1.807, 2.05) is 6.92 Å². The van der Waals surface area contributed by atoms with Crippen LogP contribution in [0.3, 0.4) is 0 Å². The number of nitrogens with one attached hydrogen (secondary N) is 1. The second-order valence-electron chi connectivity index (χ2n) is 5.40. The van der Waals surface area contributed by atoms with Gasteiger partial charge in [-0.25, -0.2) is 13.4 Å². The molecule has 26 heavy (non-hydrogen) atoms. The van der Waals surface area contributed by atoms with Crippen LogP contribution in [0.1, 0.15) is 13.8 Å². The van der Waals surface area contributed by atoms with E-state index in [0.29, 0.717) is 18.0 Å². The molecule has 0 atom stereocenters. The van der Waals surface area contributed by atoms with Crippen LogP contribution in [-0.2, 0) is 14.8 Å². The molecule has 0 saturated carbocycles. The van der Waals surface area contributed by atoms with Gasteiger partial charge in [0.2, 0.25) is 5.91 Å². The number of hydrogen-bond acceptors (Lipinski definition) is 5. The van der Waals surface area contributed by atoms with Crippen molar-refractivity contribution in [2.45, 2.75) is 18.7 Å². The number of carbonyl (C=O) groups excluding carboxylic acids is 1. The van der Waals surface area contributed by atoms with Crippen LogP contribution < -0.4 is 10.1 Å². The quantitative estimate of drug-likeness (QED) is 0.595. The Morgan fingerprint density at radius 1 is 1.15 bits per heavy atom. The van der Waals surface area contributed by atoms with E-state index in [2.05, 4.69) is 10.3 Å². The third-order valence-electron chi connectivity index (χ3n) is 3.37. The molecular formula is C18H21N3O4S. The number of rotatable bonds is 7. The van der Waals surface area contributed by atoms with Crippen molar-refractivity contribution in [3.63, 3.8) is 0 Å². The van der Waals surface area contributed by atoms with Crippen LogP contribution in [0, 0.1) is 0 Å². The summed E-state index contributed by atoms with van der Waals surface area (Å²) in [5.41, 5.74) is 1.14. The van der Waals surface area contributed by atoms with Gasteiger partial charge in [0, 0.05) is 19.7 Å². The lowest BCUT2D eigenvalue weighted by molar-refractivity contribution is -0.114. The minimum absolute atomic E-state index is 0.104. The first-order valence-corrected chi connectivity index (χ1v) is 9.39.